The predicted molar refractivity (Wildman–Crippen MR) is 203 cm³/mol. The maximum Gasteiger partial charge on any atom is 0.164 e. The van der Waals surface area contributed by atoms with Crippen LogP contribution in [0.25, 0.3) is 44.5 Å². The molecule has 5 aromatic rings. The number of hydrogen-bond acceptors (Lipinski definition) is 5. The molecule has 1 aliphatic carbocycles. The molecule has 2 aromatic heterocycles. The fourth-order valence-corrected chi connectivity index (χ4v) is 7.09. The molecule has 0 spiro atoms. The van der Waals surface area contributed by atoms with E-state index in [1.807, 2.05) is 59.7 Å². The van der Waals surface area contributed by atoms with Crippen LogP contribution in [0, 0.1) is 22.8 Å². The largest absolute Gasteiger partial charge is 0.512 e. The van der Waals surface area contributed by atoms with E-state index in [2.05, 4.69) is 75.1 Å². The Labute approximate surface area is 312 Å². The van der Waals surface area contributed by atoms with Crippen molar-refractivity contribution in [3.05, 3.63) is 95.5 Å². The number of ketones is 1. The SMILES string of the molecule is CC(C)Cc1ccc2c(-c3[c-]ccc4c3C(C)(C)c3c-4oc4ccccc34)ncnc2c1.CCC(C)(CC)C(=O)/C=C(\O)C(C)(CC)CC.[Ir]. The van der Waals surface area contributed by atoms with Gasteiger partial charge in [0.05, 0.1) is 5.52 Å². The van der Waals surface area contributed by atoms with Gasteiger partial charge in [0.15, 0.2) is 5.78 Å². The van der Waals surface area contributed by atoms with E-state index in [1.165, 1.54) is 28.2 Å². The van der Waals surface area contributed by atoms with E-state index >= 15 is 0 Å². The van der Waals surface area contributed by atoms with Crippen LogP contribution < -0.4 is 0 Å². The molecule has 3 aromatic carbocycles. The Morgan fingerprint density at radius 2 is 1.58 bits per heavy atom. The molecule has 1 N–H and O–H groups in total. The quantitative estimate of drug-likeness (QED) is 0.0860. The van der Waals surface area contributed by atoms with Gasteiger partial charge >= 0.3 is 0 Å². The molecule has 5 nitrogen and oxygen atoms in total. The Morgan fingerprint density at radius 3 is 2.22 bits per heavy atom. The van der Waals surface area contributed by atoms with E-state index in [4.69, 9.17) is 9.40 Å². The van der Waals surface area contributed by atoms with Crippen molar-refractivity contribution in [1.29, 1.82) is 0 Å². The molecular weight excluding hydrogens is 797 g/mol. The van der Waals surface area contributed by atoms with Gasteiger partial charge in [-0.3, -0.25) is 9.78 Å². The maximum atomic E-state index is 12.2. The number of carbonyl (C=O) groups excluding carboxylic acids is 1. The number of aliphatic hydroxyl groups is 1. The fourth-order valence-electron chi connectivity index (χ4n) is 7.09. The molecule has 2 heterocycles. The summed E-state index contributed by atoms with van der Waals surface area (Å²) >= 11 is 0. The van der Waals surface area contributed by atoms with Gasteiger partial charge in [-0.1, -0.05) is 105 Å². The molecule has 6 rings (SSSR count). The summed E-state index contributed by atoms with van der Waals surface area (Å²) in [5.74, 6) is 1.87. The molecule has 0 saturated carbocycles. The number of carbonyl (C=O) groups is 1. The average Bonchev–Trinajstić information content (AvgIpc) is 3.60. The summed E-state index contributed by atoms with van der Waals surface area (Å²) in [6.45, 7) is 21.1. The van der Waals surface area contributed by atoms with Gasteiger partial charge in [-0.2, -0.15) is 0 Å². The molecule has 1 aliphatic rings. The molecule has 0 unspecified atom stereocenters. The number of para-hydroxylation sites is 1. The van der Waals surface area contributed by atoms with Gasteiger partial charge in [0.1, 0.15) is 23.4 Å². The van der Waals surface area contributed by atoms with Crippen molar-refractivity contribution >= 4 is 27.7 Å². The average molecular weight is 850 g/mol. The summed E-state index contributed by atoms with van der Waals surface area (Å²) in [5, 5.41) is 12.4. The van der Waals surface area contributed by atoms with Gasteiger partial charge in [0, 0.05) is 48.0 Å². The zero-order valence-corrected chi connectivity index (χ0v) is 33.9. The number of rotatable bonds is 10. The van der Waals surface area contributed by atoms with Crippen molar-refractivity contribution < 1.29 is 34.4 Å². The third-order valence-electron chi connectivity index (χ3n) is 11.3. The number of furan rings is 1. The summed E-state index contributed by atoms with van der Waals surface area (Å²) < 4.78 is 6.36. The van der Waals surface area contributed by atoms with Crippen LogP contribution >= 0.6 is 0 Å². The Bertz CT molecular complexity index is 2010. The van der Waals surface area contributed by atoms with Crippen LogP contribution in [-0.4, -0.2) is 20.9 Å². The van der Waals surface area contributed by atoms with Crippen molar-refractivity contribution in [2.75, 3.05) is 0 Å². The molecule has 1 radical (unpaired) electrons. The van der Waals surface area contributed by atoms with Gasteiger partial charge < -0.3 is 9.52 Å². The molecule has 267 valence electrons. The van der Waals surface area contributed by atoms with Gasteiger partial charge in [-0.05, 0) is 72.2 Å². The minimum absolute atomic E-state index is 0. The second-order valence-electron chi connectivity index (χ2n) is 15.2. The van der Waals surface area contributed by atoms with E-state index in [1.54, 1.807) is 6.33 Å². The van der Waals surface area contributed by atoms with Crippen LogP contribution in [0.5, 0.6) is 0 Å². The first-order valence-electron chi connectivity index (χ1n) is 18.0. The van der Waals surface area contributed by atoms with Crippen LogP contribution in [0.3, 0.4) is 0 Å². The normalized spacial score (nSPS) is 13.9. The molecule has 0 fully saturated rings. The monoisotopic (exact) mass is 850 g/mol. The third kappa shape index (κ3) is 7.12. The Balaban J connectivity index is 0.000000269. The van der Waals surface area contributed by atoms with Crippen molar-refractivity contribution in [3.63, 3.8) is 0 Å². The molecule has 50 heavy (non-hydrogen) atoms. The third-order valence-corrected chi connectivity index (χ3v) is 11.3. The molecule has 0 aliphatic heterocycles. The van der Waals surface area contributed by atoms with E-state index in [0.29, 0.717) is 5.92 Å². The summed E-state index contributed by atoms with van der Waals surface area (Å²) in [4.78, 5) is 21.5. The smallest absolute Gasteiger partial charge is 0.164 e. The molecule has 0 saturated heterocycles. The first-order chi connectivity index (χ1) is 23.2. The molecule has 0 bridgehead atoms. The number of nitrogens with zero attached hydrogens (tertiary/aromatic N) is 2. The molecule has 0 atom stereocenters. The number of allylic oxidation sites excluding steroid dienone is 2. The molecular formula is C44H53IrN2O3-. The van der Waals surface area contributed by atoms with Crippen LogP contribution in [0.1, 0.15) is 112 Å². The predicted octanol–water partition coefficient (Wildman–Crippen LogP) is 12.0. The van der Waals surface area contributed by atoms with Gasteiger partial charge in [0.25, 0.3) is 0 Å². The summed E-state index contributed by atoms with van der Waals surface area (Å²) in [5.41, 5.74) is 7.99. The van der Waals surface area contributed by atoms with Crippen LogP contribution in [0.2, 0.25) is 0 Å². The first-order valence-corrected chi connectivity index (χ1v) is 18.0. The number of aliphatic hydroxyl groups excluding tert-OH is 1. The minimum atomic E-state index is -0.337. The van der Waals surface area contributed by atoms with E-state index < -0.39 is 0 Å². The molecule has 6 heteroatoms. The van der Waals surface area contributed by atoms with Crippen LogP contribution in [-0.2, 0) is 36.7 Å². The van der Waals surface area contributed by atoms with Crippen molar-refractivity contribution in [2.24, 2.45) is 16.7 Å². The van der Waals surface area contributed by atoms with Gasteiger partial charge in [-0.25, -0.2) is 4.98 Å². The Hall–Kier alpha value is -3.60. The standard InChI is InChI=1S/C29H25N2O.C15H28O2.Ir/c1-17(2)14-18-12-13-19-23(15-18)30-16-31-27(19)21-9-7-10-22-25(21)29(3,4)26-20-8-5-6-11-24(20)32-28(22)26;1-7-14(5,8-2)12(16)11-13(17)15(6,9-3)10-4;/h5-8,10-13,15-17H,14H2,1-4H3;11,16H,7-10H2,1-6H3;/q-1;;/b;12-11-;. The van der Waals surface area contributed by atoms with Crippen molar-refractivity contribution in [3.8, 4) is 22.6 Å². The Kier molecular flexibility index (Phi) is 12.0. The van der Waals surface area contributed by atoms with Crippen molar-refractivity contribution in [2.45, 2.75) is 107 Å². The van der Waals surface area contributed by atoms with Crippen LogP contribution in [0.4, 0.5) is 0 Å². The topological polar surface area (TPSA) is 76.2 Å². The number of hydrogen-bond donors (Lipinski definition) is 1. The molecule has 0 amide bonds. The first kappa shape index (κ1) is 39.2. The van der Waals surface area contributed by atoms with Gasteiger partial charge in [0.2, 0.25) is 0 Å². The zero-order chi connectivity index (χ0) is 35.7. The van der Waals surface area contributed by atoms with E-state index in [-0.39, 0.29) is 47.9 Å². The zero-order valence-electron chi connectivity index (χ0n) is 31.5. The van der Waals surface area contributed by atoms with Crippen molar-refractivity contribution in [1.82, 2.24) is 9.97 Å². The Morgan fingerprint density at radius 1 is 0.920 bits per heavy atom. The second kappa shape index (κ2) is 15.3. The second-order valence-corrected chi connectivity index (χ2v) is 15.2. The van der Waals surface area contributed by atoms with E-state index in [9.17, 15) is 9.90 Å². The number of aromatic nitrogens is 2. The fraction of sp³-hybridized carbons (Fsp3) is 0.432. The summed E-state index contributed by atoms with van der Waals surface area (Å²) in [6.07, 6.45) is 7.48. The van der Waals surface area contributed by atoms with E-state index in [0.717, 1.165) is 71.2 Å². The van der Waals surface area contributed by atoms with Crippen LogP contribution in [0.15, 0.2) is 77.2 Å². The maximum absolute atomic E-state index is 12.2. The summed E-state index contributed by atoms with van der Waals surface area (Å²) in [6, 6.07) is 22.5. The summed E-state index contributed by atoms with van der Waals surface area (Å²) in [7, 11) is 0. The minimum Gasteiger partial charge on any atom is -0.512 e. The number of benzene rings is 3. The number of fused-ring (bicyclic) bond motifs is 6. The van der Waals surface area contributed by atoms with Gasteiger partial charge in [-0.15, -0.1) is 29.3 Å².